The molecule has 0 aliphatic heterocycles. The van der Waals surface area contributed by atoms with Crippen LogP contribution in [-0.2, 0) is 0 Å². The average molecular weight is 320 g/mol. The number of rotatable bonds is 7. The molecule has 0 radical (unpaired) electrons. The van der Waals surface area contributed by atoms with Crippen molar-refractivity contribution in [3.63, 3.8) is 0 Å². The monoisotopic (exact) mass is 319 g/mol. The molecule has 1 N–H and O–H groups in total. The second kappa shape index (κ2) is 11.7. The van der Waals surface area contributed by atoms with E-state index in [1.54, 1.807) is 0 Å². The van der Waals surface area contributed by atoms with Gasteiger partial charge in [0.15, 0.2) is 0 Å². The van der Waals surface area contributed by atoms with Gasteiger partial charge in [-0.15, -0.1) is 0 Å². The molecule has 1 nitrogen and oxygen atoms in total. The Bertz CT molecular complexity index is 397. The van der Waals surface area contributed by atoms with Gasteiger partial charge in [-0.3, -0.25) is 0 Å². The fourth-order valence-electron chi connectivity index (χ4n) is 2.68. The van der Waals surface area contributed by atoms with Crippen molar-refractivity contribution in [1.29, 1.82) is 0 Å². The Kier molecular flexibility index (Phi) is 11.3. The van der Waals surface area contributed by atoms with Crippen LogP contribution in [0.1, 0.15) is 91.2 Å². The lowest BCUT2D eigenvalue weighted by Crippen LogP contribution is -2.38. The zero-order chi connectivity index (χ0) is 17.9. The van der Waals surface area contributed by atoms with Gasteiger partial charge >= 0.3 is 0 Å². The molecule has 0 bridgehead atoms. The highest BCUT2D eigenvalue weighted by atomic mass is 14.9. The fourth-order valence-corrected chi connectivity index (χ4v) is 2.68. The van der Waals surface area contributed by atoms with Gasteiger partial charge in [0, 0.05) is 12.1 Å². The highest BCUT2D eigenvalue weighted by molar-refractivity contribution is 5.25. The van der Waals surface area contributed by atoms with Gasteiger partial charge in [-0.25, -0.2) is 0 Å². The van der Waals surface area contributed by atoms with Gasteiger partial charge < -0.3 is 5.32 Å². The first-order valence-corrected chi connectivity index (χ1v) is 9.51. The van der Waals surface area contributed by atoms with Crippen LogP contribution in [0.2, 0.25) is 0 Å². The minimum atomic E-state index is 0.206. The minimum absolute atomic E-state index is 0.206. The Morgan fingerprint density at radius 1 is 1.00 bits per heavy atom. The molecule has 1 atom stereocenters. The first-order chi connectivity index (χ1) is 10.7. The molecule has 0 aromatic heterocycles. The first kappa shape index (κ1) is 22.2. The lowest BCUT2D eigenvalue weighted by atomic mass is 9.98. The zero-order valence-electron chi connectivity index (χ0n) is 17.0. The summed E-state index contributed by atoms with van der Waals surface area (Å²) in [5.41, 5.74) is 2.97. The molecule has 0 aliphatic rings. The van der Waals surface area contributed by atoms with E-state index in [-0.39, 0.29) is 5.54 Å². The molecule has 0 saturated heterocycles. The number of hydrogen-bond donors (Lipinski definition) is 1. The van der Waals surface area contributed by atoms with Gasteiger partial charge in [-0.2, -0.15) is 0 Å². The van der Waals surface area contributed by atoms with E-state index in [1.165, 1.54) is 36.8 Å². The SMILES string of the molecule is CCCC(C)CCC.Cc1cccc(C(C)CNC(C)(C)C)c1. The van der Waals surface area contributed by atoms with E-state index in [4.69, 9.17) is 0 Å². The molecule has 0 fully saturated rings. The van der Waals surface area contributed by atoms with E-state index in [0.717, 1.165) is 12.5 Å². The Morgan fingerprint density at radius 3 is 2.00 bits per heavy atom. The highest BCUT2D eigenvalue weighted by Crippen LogP contribution is 2.16. The van der Waals surface area contributed by atoms with Crippen molar-refractivity contribution < 1.29 is 0 Å². The zero-order valence-corrected chi connectivity index (χ0v) is 17.0. The van der Waals surface area contributed by atoms with Crippen LogP contribution in [0.3, 0.4) is 0 Å². The van der Waals surface area contributed by atoms with E-state index in [2.05, 4.69) is 85.0 Å². The van der Waals surface area contributed by atoms with Crippen molar-refractivity contribution in [1.82, 2.24) is 5.32 Å². The predicted octanol–water partition coefficient (Wildman–Crippen LogP) is 6.71. The summed E-state index contributed by atoms with van der Waals surface area (Å²) in [5, 5.41) is 3.54. The Hall–Kier alpha value is -0.820. The van der Waals surface area contributed by atoms with Gasteiger partial charge in [0.1, 0.15) is 0 Å². The molecular weight excluding hydrogens is 278 g/mol. The number of aryl methyl sites for hydroxylation is 1. The molecule has 0 saturated carbocycles. The van der Waals surface area contributed by atoms with E-state index in [0.29, 0.717) is 5.92 Å². The van der Waals surface area contributed by atoms with E-state index < -0.39 is 0 Å². The van der Waals surface area contributed by atoms with Crippen LogP contribution < -0.4 is 5.32 Å². The van der Waals surface area contributed by atoms with Crippen LogP contribution in [0.25, 0.3) is 0 Å². The van der Waals surface area contributed by atoms with Crippen LogP contribution in [0.15, 0.2) is 24.3 Å². The minimum Gasteiger partial charge on any atom is -0.311 e. The van der Waals surface area contributed by atoms with Crippen LogP contribution in [0, 0.1) is 12.8 Å². The van der Waals surface area contributed by atoms with Gasteiger partial charge in [0.05, 0.1) is 0 Å². The molecule has 1 unspecified atom stereocenters. The second-order valence-corrected chi connectivity index (χ2v) is 8.13. The number of nitrogens with one attached hydrogen (secondary N) is 1. The molecule has 0 aliphatic carbocycles. The molecule has 23 heavy (non-hydrogen) atoms. The van der Waals surface area contributed by atoms with Crippen LogP contribution in [0.4, 0.5) is 0 Å². The third-order valence-electron chi connectivity index (χ3n) is 4.11. The average Bonchev–Trinajstić information content (AvgIpc) is 2.45. The smallest absolute Gasteiger partial charge is 0.00967 e. The molecule has 1 aromatic rings. The largest absolute Gasteiger partial charge is 0.311 e. The summed E-state index contributed by atoms with van der Waals surface area (Å²) in [5.74, 6) is 1.54. The summed E-state index contributed by atoms with van der Waals surface area (Å²) in [6.45, 7) is 18.9. The first-order valence-electron chi connectivity index (χ1n) is 9.51. The quantitative estimate of drug-likeness (QED) is 0.589. The topological polar surface area (TPSA) is 12.0 Å². The Morgan fingerprint density at radius 2 is 1.57 bits per heavy atom. The van der Waals surface area contributed by atoms with Crippen molar-refractivity contribution >= 4 is 0 Å². The van der Waals surface area contributed by atoms with Crippen LogP contribution in [0.5, 0.6) is 0 Å². The van der Waals surface area contributed by atoms with Gasteiger partial charge in [0.25, 0.3) is 0 Å². The van der Waals surface area contributed by atoms with Crippen LogP contribution >= 0.6 is 0 Å². The van der Waals surface area contributed by atoms with E-state index in [9.17, 15) is 0 Å². The molecule has 0 heterocycles. The molecule has 1 rings (SSSR count). The van der Waals surface area contributed by atoms with Gasteiger partial charge in [-0.05, 0) is 45.1 Å². The number of benzene rings is 1. The molecule has 134 valence electrons. The molecule has 0 amide bonds. The summed E-state index contributed by atoms with van der Waals surface area (Å²) >= 11 is 0. The second-order valence-electron chi connectivity index (χ2n) is 8.13. The van der Waals surface area contributed by atoms with Crippen LogP contribution in [-0.4, -0.2) is 12.1 Å². The van der Waals surface area contributed by atoms with E-state index in [1.807, 2.05) is 0 Å². The number of hydrogen-bond acceptors (Lipinski definition) is 1. The molecule has 1 heteroatoms. The summed E-state index contributed by atoms with van der Waals surface area (Å²) in [7, 11) is 0. The maximum absolute atomic E-state index is 3.54. The Balaban J connectivity index is 0.000000515. The molecule has 1 aromatic carbocycles. The maximum atomic E-state index is 3.54. The third-order valence-corrected chi connectivity index (χ3v) is 4.11. The fraction of sp³-hybridized carbons (Fsp3) is 0.727. The summed E-state index contributed by atoms with van der Waals surface area (Å²) < 4.78 is 0. The Labute approximate surface area is 146 Å². The van der Waals surface area contributed by atoms with Crippen molar-refractivity contribution in [3.8, 4) is 0 Å². The standard InChI is InChI=1S/C14H23N.C8H18/c1-11-7-6-8-13(9-11)12(2)10-15-14(3,4)5;1-4-6-8(3)7-5-2/h6-9,12,15H,10H2,1-5H3;8H,4-7H2,1-3H3. The third kappa shape index (κ3) is 12.3. The molecule has 0 spiro atoms. The van der Waals surface area contributed by atoms with Gasteiger partial charge in [0.2, 0.25) is 0 Å². The van der Waals surface area contributed by atoms with Crippen molar-refractivity contribution in [2.75, 3.05) is 6.54 Å². The van der Waals surface area contributed by atoms with Crippen molar-refractivity contribution in [3.05, 3.63) is 35.4 Å². The van der Waals surface area contributed by atoms with Crippen molar-refractivity contribution in [2.24, 2.45) is 5.92 Å². The predicted molar refractivity (Wildman–Crippen MR) is 106 cm³/mol. The lowest BCUT2D eigenvalue weighted by Gasteiger charge is -2.23. The summed E-state index contributed by atoms with van der Waals surface area (Å²) in [6.07, 6.45) is 5.52. The molecular formula is C22H41N. The van der Waals surface area contributed by atoms with Gasteiger partial charge in [-0.1, -0.05) is 83.2 Å². The lowest BCUT2D eigenvalue weighted by molar-refractivity contribution is 0.412. The van der Waals surface area contributed by atoms with E-state index >= 15 is 0 Å². The maximum Gasteiger partial charge on any atom is 0.00967 e. The summed E-state index contributed by atoms with van der Waals surface area (Å²) in [4.78, 5) is 0. The van der Waals surface area contributed by atoms with Crippen molar-refractivity contribution in [2.45, 2.75) is 92.5 Å². The summed E-state index contributed by atoms with van der Waals surface area (Å²) in [6, 6.07) is 8.77. The highest BCUT2D eigenvalue weighted by Gasteiger charge is 2.12. The normalized spacial score (nSPS) is 12.7.